The summed E-state index contributed by atoms with van der Waals surface area (Å²) in [5, 5.41) is 0. The van der Waals surface area contributed by atoms with Crippen molar-refractivity contribution in [1.82, 2.24) is 0 Å². The maximum atomic E-state index is 5.34. The third kappa shape index (κ3) is 2.56. The van der Waals surface area contributed by atoms with Crippen molar-refractivity contribution in [2.75, 3.05) is 13.2 Å². The average molecular weight is 178 g/mol. The first-order valence-electron chi connectivity index (χ1n) is 4.75. The van der Waals surface area contributed by atoms with E-state index in [-0.39, 0.29) is 0 Å². The van der Waals surface area contributed by atoms with Crippen molar-refractivity contribution in [1.29, 1.82) is 0 Å². The standard InChI is InChI=1S/C12H18O/c1-5-11(9(2)3)6-12-8-13-7-10(12)4/h5-6,9H,1,7-8H2,2-4H3/b11-6+. The van der Waals surface area contributed by atoms with Gasteiger partial charge in [0.25, 0.3) is 0 Å². The topological polar surface area (TPSA) is 9.23 Å². The fraction of sp³-hybridized carbons (Fsp3) is 0.500. The van der Waals surface area contributed by atoms with E-state index in [0.717, 1.165) is 13.2 Å². The normalized spacial score (nSPS) is 18.6. The number of allylic oxidation sites excluding steroid dienone is 2. The number of hydrogen-bond donors (Lipinski definition) is 0. The molecule has 0 aliphatic carbocycles. The number of ether oxygens (including phenoxy) is 1. The zero-order valence-electron chi connectivity index (χ0n) is 8.76. The van der Waals surface area contributed by atoms with Crippen LogP contribution in [0.3, 0.4) is 0 Å². The third-order valence-corrected chi connectivity index (χ3v) is 2.37. The van der Waals surface area contributed by atoms with E-state index in [1.807, 2.05) is 6.08 Å². The SMILES string of the molecule is C=C/C(=C\C1=C(C)COC1)C(C)C. The fourth-order valence-electron chi connectivity index (χ4n) is 1.36. The van der Waals surface area contributed by atoms with E-state index in [1.54, 1.807) is 0 Å². The van der Waals surface area contributed by atoms with Gasteiger partial charge in [-0.25, -0.2) is 0 Å². The summed E-state index contributed by atoms with van der Waals surface area (Å²) in [7, 11) is 0. The minimum atomic E-state index is 0.540. The summed E-state index contributed by atoms with van der Waals surface area (Å²) in [6, 6.07) is 0. The summed E-state index contributed by atoms with van der Waals surface area (Å²) >= 11 is 0. The van der Waals surface area contributed by atoms with Crippen LogP contribution < -0.4 is 0 Å². The molecule has 13 heavy (non-hydrogen) atoms. The first kappa shape index (κ1) is 10.3. The second-order valence-corrected chi connectivity index (χ2v) is 3.80. The van der Waals surface area contributed by atoms with E-state index in [0.29, 0.717) is 5.92 Å². The van der Waals surface area contributed by atoms with Crippen molar-refractivity contribution in [3.63, 3.8) is 0 Å². The first-order valence-corrected chi connectivity index (χ1v) is 4.75. The van der Waals surface area contributed by atoms with E-state index >= 15 is 0 Å². The molecular weight excluding hydrogens is 160 g/mol. The van der Waals surface area contributed by atoms with Gasteiger partial charge in [0.05, 0.1) is 13.2 Å². The summed E-state index contributed by atoms with van der Waals surface area (Å²) < 4.78 is 5.34. The van der Waals surface area contributed by atoms with E-state index < -0.39 is 0 Å². The highest BCUT2D eigenvalue weighted by Crippen LogP contribution is 2.19. The van der Waals surface area contributed by atoms with Crippen LogP contribution in [0.15, 0.2) is 35.5 Å². The van der Waals surface area contributed by atoms with Crippen LogP contribution in [-0.2, 0) is 4.74 Å². The molecule has 1 aliphatic rings. The van der Waals surface area contributed by atoms with Crippen LogP contribution in [0.25, 0.3) is 0 Å². The molecule has 0 aromatic carbocycles. The molecule has 0 N–H and O–H groups in total. The highest BCUT2D eigenvalue weighted by molar-refractivity contribution is 5.35. The van der Waals surface area contributed by atoms with Gasteiger partial charge in [-0.2, -0.15) is 0 Å². The lowest BCUT2D eigenvalue weighted by Gasteiger charge is -2.06. The van der Waals surface area contributed by atoms with Crippen LogP contribution >= 0.6 is 0 Å². The highest BCUT2D eigenvalue weighted by atomic mass is 16.5. The molecule has 0 spiro atoms. The summed E-state index contributed by atoms with van der Waals surface area (Å²) in [4.78, 5) is 0. The predicted octanol–water partition coefficient (Wildman–Crippen LogP) is 3.10. The van der Waals surface area contributed by atoms with E-state index in [9.17, 15) is 0 Å². The molecule has 0 aromatic heterocycles. The Hall–Kier alpha value is -0.820. The Morgan fingerprint density at radius 1 is 1.46 bits per heavy atom. The molecule has 0 saturated carbocycles. The fourth-order valence-corrected chi connectivity index (χ4v) is 1.36. The Morgan fingerprint density at radius 3 is 2.54 bits per heavy atom. The molecule has 1 heteroatoms. The Balaban J connectivity index is 2.84. The third-order valence-electron chi connectivity index (χ3n) is 2.37. The van der Waals surface area contributed by atoms with Gasteiger partial charge in [0, 0.05) is 0 Å². The molecule has 0 saturated heterocycles. The quantitative estimate of drug-likeness (QED) is 0.603. The molecule has 0 radical (unpaired) electrons. The monoisotopic (exact) mass is 178 g/mol. The van der Waals surface area contributed by atoms with Crippen LogP contribution in [0.1, 0.15) is 20.8 Å². The molecule has 1 nitrogen and oxygen atoms in total. The number of hydrogen-bond acceptors (Lipinski definition) is 1. The van der Waals surface area contributed by atoms with E-state index in [1.165, 1.54) is 16.7 Å². The van der Waals surface area contributed by atoms with Gasteiger partial charge < -0.3 is 4.74 Å². The lowest BCUT2D eigenvalue weighted by molar-refractivity contribution is 0.205. The van der Waals surface area contributed by atoms with Crippen molar-refractivity contribution in [2.45, 2.75) is 20.8 Å². The van der Waals surface area contributed by atoms with Crippen molar-refractivity contribution >= 4 is 0 Å². The Kier molecular flexibility index (Phi) is 3.49. The van der Waals surface area contributed by atoms with Crippen LogP contribution in [0.5, 0.6) is 0 Å². The molecule has 72 valence electrons. The summed E-state index contributed by atoms with van der Waals surface area (Å²) in [5.74, 6) is 0.540. The van der Waals surface area contributed by atoms with E-state index in [2.05, 4.69) is 33.4 Å². The second-order valence-electron chi connectivity index (χ2n) is 3.80. The minimum Gasteiger partial charge on any atom is -0.372 e. The van der Waals surface area contributed by atoms with Gasteiger partial charge in [-0.15, -0.1) is 0 Å². The van der Waals surface area contributed by atoms with Crippen LogP contribution in [-0.4, -0.2) is 13.2 Å². The molecule has 0 fully saturated rings. The smallest absolute Gasteiger partial charge is 0.0721 e. The molecule has 1 aliphatic heterocycles. The Bertz CT molecular complexity index is 256. The van der Waals surface area contributed by atoms with Gasteiger partial charge in [0.1, 0.15) is 0 Å². The molecule has 0 unspecified atom stereocenters. The van der Waals surface area contributed by atoms with Gasteiger partial charge in [-0.1, -0.05) is 32.6 Å². The molecule has 0 amide bonds. The van der Waals surface area contributed by atoms with Crippen molar-refractivity contribution in [3.05, 3.63) is 35.5 Å². The van der Waals surface area contributed by atoms with Crippen molar-refractivity contribution in [2.24, 2.45) is 5.92 Å². The zero-order valence-corrected chi connectivity index (χ0v) is 8.76. The average Bonchev–Trinajstić information content (AvgIpc) is 2.46. The van der Waals surface area contributed by atoms with Gasteiger partial charge in [0.2, 0.25) is 0 Å². The first-order chi connectivity index (χ1) is 6.15. The molecule has 0 aromatic rings. The molecule has 0 atom stereocenters. The molecule has 1 heterocycles. The van der Waals surface area contributed by atoms with Crippen LogP contribution in [0.2, 0.25) is 0 Å². The highest BCUT2D eigenvalue weighted by Gasteiger charge is 2.09. The molecular formula is C12H18O. The second kappa shape index (κ2) is 4.43. The van der Waals surface area contributed by atoms with E-state index in [4.69, 9.17) is 4.74 Å². The lowest BCUT2D eigenvalue weighted by atomic mass is 9.99. The van der Waals surface area contributed by atoms with Gasteiger partial charge in [-0.05, 0) is 29.6 Å². The van der Waals surface area contributed by atoms with Crippen molar-refractivity contribution in [3.8, 4) is 0 Å². The van der Waals surface area contributed by atoms with Crippen LogP contribution in [0.4, 0.5) is 0 Å². The zero-order chi connectivity index (χ0) is 9.84. The number of rotatable bonds is 3. The predicted molar refractivity (Wildman–Crippen MR) is 56.6 cm³/mol. The van der Waals surface area contributed by atoms with Crippen molar-refractivity contribution < 1.29 is 4.74 Å². The van der Waals surface area contributed by atoms with Gasteiger partial charge >= 0.3 is 0 Å². The summed E-state index contributed by atoms with van der Waals surface area (Å²) in [6.45, 7) is 11.8. The van der Waals surface area contributed by atoms with Crippen LogP contribution in [0, 0.1) is 5.92 Å². The molecule has 1 rings (SSSR count). The largest absolute Gasteiger partial charge is 0.372 e. The Morgan fingerprint density at radius 2 is 2.15 bits per heavy atom. The maximum Gasteiger partial charge on any atom is 0.0721 e. The summed E-state index contributed by atoms with van der Waals surface area (Å²) in [6.07, 6.45) is 4.14. The maximum absolute atomic E-state index is 5.34. The Labute approximate surface area is 80.8 Å². The molecule has 0 bridgehead atoms. The minimum absolute atomic E-state index is 0.540. The van der Waals surface area contributed by atoms with Gasteiger partial charge in [-0.3, -0.25) is 0 Å². The van der Waals surface area contributed by atoms with Gasteiger partial charge in [0.15, 0.2) is 0 Å². The lowest BCUT2D eigenvalue weighted by Crippen LogP contribution is -1.93. The summed E-state index contributed by atoms with van der Waals surface area (Å²) in [5.41, 5.74) is 3.96.